The number of hydrogen-bond acceptors (Lipinski definition) is 6. The van der Waals surface area contributed by atoms with E-state index < -0.39 is 12.0 Å². The molecule has 0 radical (unpaired) electrons. The second kappa shape index (κ2) is 6.16. The van der Waals surface area contributed by atoms with Crippen molar-refractivity contribution in [1.29, 1.82) is 0 Å². The maximum atomic E-state index is 11.4. The summed E-state index contributed by atoms with van der Waals surface area (Å²) in [5.41, 5.74) is 6.95. The zero-order chi connectivity index (χ0) is 14.5. The van der Waals surface area contributed by atoms with E-state index in [-0.39, 0.29) is 18.2 Å². The van der Waals surface area contributed by atoms with Crippen molar-refractivity contribution in [1.82, 2.24) is 15.2 Å². The summed E-state index contributed by atoms with van der Waals surface area (Å²) < 4.78 is 4.80. The number of aromatic hydroxyl groups is 1. The van der Waals surface area contributed by atoms with Gasteiger partial charge in [0.1, 0.15) is 11.6 Å². The van der Waals surface area contributed by atoms with E-state index in [2.05, 4.69) is 15.2 Å². The third-order valence-corrected chi connectivity index (χ3v) is 2.70. The van der Waals surface area contributed by atoms with Gasteiger partial charge >= 0.3 is 5.97 Å². The number of carbonyl (C=O) groups is 1. The molecule has 4 N–H and O–H groups in total. The Balaban J connectivity index is 2.04. The molecule has 2 aromatic rings. The summed E-state index contributed by atoms with van der Waals surface area (Å²) in [4.78, 5) is 15.5. The fraction of sp³-hybridized carbons (Fsp3) is 0.308. The molecular formula is C13H16N4O3. The molecule has 0 amide bonds. The highest BCUT2D eigenvalue weighted by Gasteiger charge is 2.17. The van der Waals surface area contributed by atoms with E-state index >= 15 is 0 Å². The lowest BCUT2D eigenvalue weighted by Gasteiger charge is -2.08. The highest BCUT2D eigenvalue weighted by Crippen LogP contribution is 2.15. The molecule has 7 heteroatoms. The predicted molar refractivity (Wildman–Crippen MR) is 71.1 cm³/mol. The van der Waals surface area contributed by atoms with Crippen molar-refractivity contribution in [3.8, 4) is 5.75 Å². The summed E-state index contributed by atoms with van der Waals surface area (Å²) >= 11 is 0. The van der Waals surface area contributed by atoms with E-state index in [1.54, 1.807) is 31.2 Å². The molecule has 1 unspecified atom stereocenters. The van der Waals surface area contributed by atoms with Gasteiger partial charge in [-0.2, -0.15) is 0 Å². The number of ether oxygens (including phenoxy) is 1. The highest BCUT2D eigenvalue weighted by molar-refractivity contribution is 5.84. The molecule has 0 saturated carbocycles. The number of benzene rings is 1. The van der Waals surface area contributed by atoms with E-state index in [9.17, 15) is 9.90 Å². The number of aromatic amines is 1. The summed E-state index contributed by atoms with van der Waals surface area (Å²) in [7, 11) is 0. The van der Waals surface area contributed by atoms with Crippen LogP contribution in [-0.4, -0.2) is 32.9 Å². The Morgan fingerprint density at radius 3 is 2.80 bits per heavy atom. The van der Waals surface area contributed by atoms with Crippen LogP contribution in [0.2, 0.25) is 0 Å². The third-order valence-electron chi connectivity index (χ3n) is 2.70. The normalized spacial score (nSPS) is 12.1. The Bertz CT molecular complexity index is 580. The first-order chi connectivity index (χ1) is 9.60. The lowest BCUT2D eigenvalue weighted by molar-refractivity contribution is 0.0512. The Morgan fingerprint density at radius 2 is 2.15 bits per heavy atom. The number of aromatic nitrogens is 3. The van der Waals surface area contributed by atoms with Gasteiger partial charge in [0.05, 0.1) is 12.6 Å². The van der Waals surface area contributed by atoms with E-state index in [0.29, 0.717) is 12.2 Å². The monoisotopic (exact) mass is 276 g/mol. The molecule has 2 rings (SSSR count). The molecule has 7 nitrogen and oxygen atoms in total. The van der Waals surface area contributed by atoms with Gasteiger partial charge in [0.2, 0.25) is 0 Å². The van der Waals surface area contributed by atoms with Gasteiger partial charge in [-0.15, -0.1) is 5.10 Å². The number of H-pyrrole nitrogens is 1. The second-order valence-corrected chi connectivity index (χ2v) is 4.24. The van der Waals surface area contributed by atoms with Crippen LogP contribution in [0.3, 0.4) is 0 Å². The molecule has 1 aromatic carbocycles. The zero-order valence-corrected chi connectivity index (χ0v) is 11.0. The van der Waals surface area contributed by atoms with Gasteiger partial charge in [0.15, 0.2) is 0 Å². The number of phenolic OH excluding ortho intramolecular Hbond substituents is 1. The quantitative estimate of drug-likeness (QED) is 0.700. The van der Waals surface area contributed by atoms with E-state index in [1.165, 1.54) is 0 Å². The van der Waals surface area contributed by atoms with Gasteiger partial charge in [-0.25, -0.2) is 9.78 Å². The van der Waals surface area contributed by atoms with Crippen LogP contribution in [0.15, 0.2) is 24.3 Å². The maximum Gasteiger partial charge on any atom is 0.378 e. The number of nitrogens with one attached hydrogen (secondary N) is 1. The summed E-state index contributed by atoms with van der Waals surface area (Å²) in [6.45, 7) is 1.98. The summed E-state index contributed by atoms with van der Waals surface area (Å²) in [6, 6.07) is 6.31. The van der Waals surface area contributed by atoms with Gasteiger partial charge in [-0.05, 0) is 31.0 Å². The molecule has 0 spiro atoms. The standard InChI is InChI=1S/C13H16N4O3/c1-2-20-13(19)12-15-11(16-17-12)10(14)7-8-3-5-9(18)6-4-8/h3-6,10,18H,2,7,14H2,1H3,(H,15,16,17). The van der Waals surface area contributed by atoms with Crippen LogP contribution in [-0.2, 0) is 11.2 Å². The minimum Gasteiger partial charge on any atom is -0.508 e. The van der Waals surface area contributed by atoms with Crippen molar-refractivity contribution in [2.45, 2.75) is 19.4 Å². The highest BCUT2D eigenvalue weighted by atomic mass is 16.5. The van der Waals surface area contributed by atoms with Crippen LogP contribution in [0.1, 0.15) is 35.0 Å². The summed E-state index contributed by atoms with van der Waals surface area (Å²) in [5.74, 6) is 0.0163. The SMILES string of the molecule is CCOC(=O)c1n[nH]c(C(N)Cc2ccc(O)cc2)n1. The number of esters is 1. The minimum atomic E-state index is -0.577. The Labute approximate surface area is 115 Å². The fourth-order valence-electron chi connectivity index (χ4n) is 1.71. The van der Waals surface area contributed by atoms with Crippen LogP contribution in [0, 0.1) is 0 Å². The average molecular weight is 276 g/mol. The molecule has 20 heavy (non-hydrogen) atoms. The molecule has 0 saturated heterocycles. The lowest BCUT2D eigenvalue weighted by Crippen LogP contribution is -2.15. The number of nitrogens with two attached hydrogens (primary N) is 1. The van der Waals surface area contributed by atoms with Gasteiger partial charge in [-0.1, -0.05) is 12.1 Å². The van der Waals surface area contributed by atoms with E-state index in [1.807, 2.05) is 0 Å². The van der Waals surface area contributed by atoms with Crippen LogP contribution >= 0.6 is 0 Å². The van der Waals surface area contributed by atoms with E-state index in [4.69, 9.17) is 10.5 Å². The molecule has 106 valence electrons. The van der Waals surface area contributed by atoms with Gasteiger partial charge in [0.25, 0.3) is 5.82 Å². The molecule has 1 aromatic heterocycles. The average Bonchev–Trinajstić information content (AvgIpc) is 2.91. The van der Waals surface area contributed by atoms with Crippen LogP contribution < -0.4 is 5.73 Å². The number of carbonyl (C=O) groups excluding carboxylic acids is 1. The van der Waals surface area contributed by atoms with Crippen molar-refractivity contribution in [3.63, 3.8) is 0 Å². The predicted octanol–water partition coefficient (Wildman–Crippen LogP) is 0.929. The third kappa shape index (κ3) is 3.33. The van der Waals surface area contributed by atoms with Crippen molar-refractivity contribution in [2.24, 2.45) is 5.73 Å². The molecule has 1 heterocycles. The van der Waals surface area contributed by atoms with Crippen LogP contribution in [0.5, 0.6) is 5.75 Å². The molecular weight excluding hydrogens is 260 g/mol. The lowest BCUT2D eigenvalue weighted by atomic mass is 10.1. The molecule has 0 aliphatic carbocycles. The zero-order valence-electron chi connectivity index (χ0n) is 11.0. The first-order valence-corrected chi connectivity index (χ1v) is 6.23. The van der Waals surface area contributed by atoms with Gasteiger partial charge < -0.3 is 15.6 Å². The second-order valence-electron chi connectivity index (χ2n) is 4.24. The first-order valence-electron chi connectivity index (χ1n) is 6.23. The van der Waals surface area contributed by atoms with Gasteiger partial charge in [-0.3, -0.25) is 5.10 Å². The minimum absolute atomic E-state index is 0.0250. The Hall–Kier alpha value is -2.41. The largest absolute Gasteiger partial charge is 0.508 e. The smallest absolute Gasteiger partial charge is 0.378 e. The molecule has 1 atom stereocenters. The molecule has 0 aliphatic rings. The van der Waals surface area contributed by atoms with Crippen molar-refractivity contribution < 1.29 is 14.6 Å². The number of rotatable bonds is 5. The Morgan fingerprint density at radius 1 is 1.45 bits per heavy atom. The number of hydrogen-bond donors (Lipinski definition) is 3. The number of nitrogens with zero attached hydrogens (tertiary/aromatic N) is 2. The van der Waals surface area contributed by atoms with Crippen molar-refractivity contribution in [2.75, 3.05) is 6.61 Å². The summed E-state index contributed by atoms with van der Waals surface area (Å²) in [5, 5.41) is 15.6. The van der Waals surface area contributed by atoms with Crippen LogP contribution in [0.25, 0.3) is 0 Å². The number of phenols is 1. The van der Waals surface area contributed by atoms with E-state index in [0.717, 1.165) is 5.56 Å². The van der Waals surface area contributed by atoms with Crippen molar-refractivity contribution in [3.05, 3.63) is 41.5 Å². The Kier molecular flexibility index (Phi) is 4.31. The first kappa shape index (κ1) is 14.0. The maximum absolute atomic E-state index is 11.4. The van der Waals surface area contributed by atoms with Crippen molar-refractivity contribution >= 4 is 5.97 Å². The molecule has 0 bridgehead atoms. The molecule has 0 aliphatic heterocycles. The van der Waals surface area contributed by atoms with Gasteiger partial charge in [0, 0.05) is 0 Å². The summed E-state index contributed by atoms with van der Waals surface area (Å²) in [6.07, 6.45) is 0.512. The molecule has 0 fully saturated rings. The van der Waals surface area contributed by atoms with Crippen LogP contribution in [0.4, 0.5) is 0 Å². The fourth-order valence-corrected chi connectivity index (χ4v) is 1.71. The topological polar surface area (TPSA) is 114 Å².